The first-order valence-electron chi connectivity index (χ1n) is 13.3. The maximum Gasteiger partial charge on any atom is 0.336 e. The molecule has 1 aliphatic rings. The van der Waals surface area contributed by atoms with Crippen molar-refractivity contribution in [1.82, 2.24) is 9.55 Å². The van der Waals surface area contributed by atoms with Gasteiger partial charge in [0.1, 0.15) is 5.82 Å². The van der Waals surface area contributed by atoms with Gasteiger partial charge < -0.3 is 14.6 Å². The van der Waals surface area contributed by atoms with Crippen LogP contribution in [0.5, 0.6) is 0 Å². The Morgan fingerprint density at radius 1 is 0.944 bits per heavy atom. The number of aromatic nitrogens is 2. The number of hydrogen-bond donors (Lipinski definition) is 1. The molecular weight excluding hydrogens is 446 g/mol. The Balaban J connectivity index is 1.47. The van der Waals surface area contributed by atoms with Gasteiger partial charge >= 0.3 is 5.97 Å². The van der Waals surface area contributed by atoms with Gasteiger partial charge in [-0.05, 0) is 60.2 Å². The summed E-state index contributed by atoms with van der Waals surface area (Å²) < 4.78 is 2.38. The van der Waals surface area contributed by atoms with Crippen LogP contribution in [0, 0.1) is 0 Å². The minimum atomic E-state index is -0.902. The van der Waals surface area contributed by atoms with E-state index in [0.29, 0.717) is 5.56 Å². The second kappa shape index (κ2) is 11.0. The Labute approximate surface area is 213 Å². The van der Waals surface area contributed by atoms with Gasteiger partial charge in [0.25, 0.3) is 0 Å². The van der Waals surface area contributed by atoms with Gasteiger partial charge in [0.15, 0.2) is 0 Å². The molecule has 1 aromatic heterocycles. The van der Waals surface area contributed by atoms with Crippen molar-refractivity contribution in [3.8, 4) is 11.1 Å². The van der Waals surface area contributed by atoms with E-state index in [0.717, 1.165) is 61.4 Å². The largest absolute Gasteiger partial charge is 0.478 e. The van der Waals surface area contributed by atoms with Gasteiger partial charge in [-0.3, -0.25) is 0 Å². The Hall–Kier alpha value is -3.60. The SMILES string of the molecule is CCCCc1nc2ccc(N3CCCCCC3)cc2n1Cc1ccc(-c2ccccc2C(=O)O)cc1. The lowest BCUT2D eigenvalue weighted by Crippen LogP contribution is -2.23. The number of aromatic carboxylic acids is 1. The van der Waals surface area contributed by atoms with Crippen LogP contribution in [0.4, 0.5) is 5.69 Å². The molecule has 5 nitrogen and oxygen atoms in total. The first kappa shape index (κ1) is 24.1. The summed E-state index contributed by atoms with van der Waals surface area (Å²) in [6.45, 7) is 5.22. The Bertz CT molecular complexity index is 1330. The molecule has 0 amide bonds. The smallest absolute Gasteiger partial charge is 0.336 e. The summed E-state index contributed by atoms with van der Waals surface area (Å²) in [6, 6.07) is 22.2. The monoisotopic (exact) mass is 481 g/mol. The fourth-order valence-electron chi connectivity index (χ4n) is 5.28. The van der Waals surface area contributed by atoms with Crippen molar-refractivity contribution in [2.45, 2.75) is 58.4 Å². The van der Waals surface area contributed by atoms with Gasteiger partial charge in [0.05, 0.1) is 16.6 Å². The number of rotatable bonds is 8. The molecule has 186 valence electrons. The number of carboxylic acid groups (broad SMARTS) is 1. The van der Waals surface area contributed by atoms with Crippen LogP contribution in [0.15, 0.2) is 66.7 Å². The van der Waals surface area contributed by atoms with Crippen LogP contribution in [-0.2, 0) is 13.0 Å². The summed E-state index contributed by atoms with van der Waals surface area (Å²) >= 11 is 0. The Morgan fingerprint density at radius 3 is 2.42 bits per heavy atom. The van der Waals surface area contributed by atoms with Crippen LogP contribution < -0.4 is 4.90 Å². The molecule has 0 atom stereocenters. The zero-order valence-corrected chi connectivity index (χ0v) is 21.1. The number of anilines is 1. The molecular formula is C31H35N3O2. The van der Waals surface area contributed by atoms with E-state index in [1.165, 1.54) is 42.5 Å². The first-order valence-corrected chi connectivity index (χ1v) is 13.3. The van der Waals surface area contributed by atoms with E-state index in [9.17, 15) is 9.90 Å². The highest BCUT2D eigenvalue weighted by atomic mass is 16.4. The minimum absolute atomic E-state index is 0.328. The number of fused-ring (bicyclic) bond motifs is 1. The van der Waals surface area contributed by atoms with Crippen LogP contribution in [0.3, 0.4) is 0 Å². The van der Waals surface area contributed by atoms with Crippen LogP contribution in [0.1, 0.15) is 67.2 Å². The van der Waals surface area contributed by atoms with Gasteiger partial charge in [-0.2, -0.15) is 0 Å². The third-order valence-corrected chi connectivity index (χ3v) is 7.30. The number of unbranched alkanes of at least 4 members (excludes halogenated alkanes) is 1. The molecule has 4 aromatic rings. The fourth-order valence-corrected chi connectivity index (χ4v) is 5.28. The molecule has 5 heteroatoms. The molecule has 0 bridgehead atoms. The lowest BCUT2D eigenvalue weighted by Gasteiger charge is -2.23. The van der Waals surface area contributed by atoms with Gasteiger partial charge in [-0.25, -0.2) is 9.78 Å². The number of aryl methyl sites for hydroxylation is 1. The predicted octanol–water partition coefficient (Wildman–Crippen LogP) is 7.17. The number of benzene rings is 3. The number of imidazole rings is 1. The second-order valence-corrected chi connectivity index (χ2v) is 9.84. The van der Waals surface area contributed by atoms with E-state index >= 15 is 0 Å². The summed E-state index contributed by atoms with van der Waals surface area (Å²) in [6.07, 6.45) is 8.39. The highest BCUT2D eigenvalue weighted by Gasteiger charge is 2.16. The van der Waals surface area contributed by atoms with Crippen molar-refractivity contribution < 1.29 is 9.90 Å². The normalized spacial score (nSPS) is 14.2. The Kier molecular flexibility index (Phi) is 7.36. The van der Waals surface area contributed by atoms with Gasteiger partial charge in [-0.1, -0.05) is 68.7 Å². The zero-order valence-electron chi connectivity index (χ0n) is 21.1. The van der Waals surface area contributed by atoms with E-state index in [2.05, 4.69) is 46.7 Å². The average Bonchev–Trinajstić information content (AvgIpc) is 3.06. The van der Waals surface area contributed by atoms with E-state index in [4.69, 9.17) is 4.98 Å². The summed E-state index contributed by atoms with van der Waals surface area (Å²) in [7, 11) is 0. The van der Waals surface area contributed by atoms with E-state index in [1.54, 1.807) is 12.1 Å². The molecule has 2 heterocycles. The number of carbonyl (C=O) groups is 1. The van der Waals surface area contributed by atoms with Gasteiger partial charge in [0, 0.05) is 31.7 Å². The van der Waals surface area contributed by atoms with Crippen LogP contribution in [0.25, 0.3) is 22.2 Å². The van der Waals surface area contributed by atoms with E-state index in [1.807, 2.05) is 24.3 Å². The molecule has 1 saturated heterocycles. The van der Waals surface area contributed by atoms with Crippen molar-refractivity contribution in [3.63, 3.8) is 0 Å². The van der Waals surface area contributed by atoms with Crippen molar-refractivity contribution in [1.29, 1.82) is 0 Å². The van der Waals surface area contributed by atoms with Crippen LogP contribution in [0.2, 0.25) is 0 Å². The van der Waals surface area contributed by atoms with Gasteiger partial charge in [-0.15, -0.1) is 0 Å². The summed E-state index contributed by atoms with van der Waals surface area (Å²) in [5.74, 6) is 0.237. The van der Waals surface area contributed by atoms with Crippen molar-refractivity contribution in [2.75, 3.05) is 18.0 Å². The molecule has 0 saturated carbocycles. The molecule has 3 aromatic carbocycles. The topological polar surface area (TPSA) is 58.4 Å². The third-order valence-electron chi connectivity index (χ3n) is 7.30. The van der Waals surface area contributed by atoms with Crippen LogP contribution >= 0.6 is 0 Å². The van der Waals surface area contributed by atoms with Gasteiger partial charge in [0.2, 0.25) is 0 Å². The Morgan fingerprint density at radius 2 is 1.69 bits per heavy atom. The zero-order chi connectivity index (χ0) is 24.9. The molecule has 0 unspecified atom stereocenters. The van der Waals surface area contributed by atoms with Crippen molar-refractivity contribution >= 4 is 22.7 Å². The molecule has 0 radical (unpaired) electrons. The molecule has 0 aliphatic carbocycles. The lowest BCUT2D eigenvalue weighted by atomic mass is 9.99. The minimum Gasteiger partial charge on any atom is -0.478 e. The summed E-state index contributed by atoms with van der Waals surface area (Å²) in [4.78, 5) is 19.2. The number of hydrogen-bond acceptors (Lipinski definition) is 3. The standard InChI is InChI=1S/C31H35N3O2/c1-2-3-12-30-32-28-18-17-25(33-19-8-4-5-9-20-33)21-29(28)34(30)22-23-13-15-24(16-14-23)26-10-6-7-11-27(26)31(35)36/h6-7,10-11,13-18,21H,2-5,8-9,12,19-20,22H2,1H3,(H,35,36). The van der Waals surface area contributed by atoms with Crippen LogP contribution in [-0.4, -0.2) is 33.7 Å². The predicted molar refractivity (Wildman–Crippen MR) is 147 cm³/mol. The average molecular weight is 482 g/mol. The molecule has 1 N–H and O–H groups in total. The number of carboxylic acids is 1. The molecule has 36 heavy (non-hydrogen) atoms. The number of nitrogens with zero attached hydrogens (tertiary/aromatic N) is 3. The highest BCUT2D eigenvalue weighted by molar-refractivity contribution is 5.96. The maximum atomic E-state index is 11.7. The second-order valence-electron chi connectivity index (χ2n) is 9.84. The molecule has 1 fully saturated rings. The molecule has 0 spiro atoms. The fraction of sp³-hybridized carbons (Fsp3) is 0.355. The highest BCUT2D eigenvalue weighted by Crippen LogP contribution is 2.28. The third kappa shape index (κ3) is 5.15. The van der Waals surface area contributed by atoms with Crippen molar-refractivity contribution in [3.05, 3.63) is 83.7 Å². The quantitative estimate of drug-likeness (QED) is 0.290. The summed E-state index contributed by atoms with van der Waals surface area (Å²) in [5.41, 5.74) is 6.73. The first-order chi connectivity index (χ1) is 17.6. The van der Waals surface area contributed by atoms with E-state index in [-0.39, 0.29) is 0 Å². The lowest BCUT2D eigenvalue weighted by molar-refractivity contribution is 0.0697. The molecule has 1 aliphatic heterocycles. The van der Waals surface area contributed by atoms with Crippen molar-refractivity contribution in [2.24, 2.45) is 0 Å². The summed E-state index contributed by atoms with van der Waals surface area (Å²) in [5, 5.41) is 9.57. The van der Waals surface area contributed by atoms with E-state index < -0.39 is 5.97 Å². The molecule has 5 rings (SSSR count). The maximum absolute atomic E-state index is 11.7.